The van der Waals surface area contributed by atoms with E-state index >= 15 is 0 Å². The monoisotopic (exact) mass is 393 g/mol. The van der Waals surface area contributed by atoms with Crippen molar-refractivity contribution >= 4 is 23.2 Å². The predicted octanol–water partition coefficient (Wildman–Crippen LogP) is 2.46. The molecule has 0 spiro atoms. The van der Waals surface area contributed by atoms with Crippen LogP contribution in [-0.4, -0.2) is 58.8 Å². The van der Waals surface area contributed by atoms with Crippen LogP contribution in [0.4, 0.5) is 0 Å². The number of piperidine rings is 1. The van der Waals surface area contributed by atoms with Crippen molar-refractivity contribution in [2.45, 2.75) is 32.1 Å². The van der Waals surface area contributed by atoms with Crippen LogP contribution in [0.25, 0.3) is 10.7 Å². The van der Waals surface area contributed by atoms with Crippen LogP contribution in [-0.2, 0) is 20.7 Å². The molecule has 3 heterocycles. The highest BCUT2D eigenvalue weighted by atomic mass is 32.1. The number of ether oxygens (including phenoxy) is 1. The number of carbonyl (C=O) groups is 2. The molecule has 0 bridgehead atoms. The lowest BCUT2D eigenvalue weighted by Crippen LogP contribution is -2.52. The first-order chi connectivity index (χ1) is 13.0. The highest BCUT2D eigenvalue weighted by Gasteiger charge is 2.43. The van der Waals surface area contributed by atoms with Crippen LogP contribution in [0, 0.1) is 5.41 Å². The fraction of sp³-hybridized carbons (Fsp3) is 0.556. The zero-order valence-electron chi connectivity index (χ0n) is 15.2. The molecule has 27 heavy (non-hydrogen) atoms. The highest BCUT2D eigenvalue weighted by Crippen LogP contribution is 2.31. The van der Waals surface area contributed by atoms with Gasteiger partial charge in [0.1, 0.15) is 5.41 Å². The minimum absolute atomic E-state index is 0.0468. The van der Waals surface area contributed by atoms with Gasteiger partial charge in [0.05, 0.1) is 11.5 Å². The second-order valence-electron chi connectivity index (χ2n) is 6.78. The van der Waals surface area contributed by atoms with Gasteiger partial charge in [-0.3, -0.25) is 9.59 Å². The molecular weight excluding hydrogens is 370 g/mol. The Morgan fingerprint density at radius 1 is 1.48 bits per heavy atom. The maximum Gasteiger partial charge on any atom is 0.313 e. The number of thiophene rings is 1. The van der Waals surface area contributed by atoms with Crippen LogP contribution in [0.1, 0.15) is 31.6 Å². The number of carboxylic acids is 1. The maximum atomic E-state index is 12.5. The predicted molar refractivity (Wildman–Crippen MR) is 98.3 cm³/mol. The third kappa shape index (κ3) is 4.54. The quantitative estimate of drug-likeness (QED) is 0.734. The lowest BCUT2D eigenvalue weighted by Gasteiger charge is -2.39. The molecule has 146 valence electrons. The average molecular weight is 393 g/mol. The Kier molecular flexibility index (Phi) is 6.22. The molecule has 0 aliphatic carbocycles. The van der Waals surface area contributed by atoms with E-state index in [-0.39, 0.29) is 19.1 Å². The van der Waals surface area contributed by atoms with Crippen LogP contribution < -0.4 is 0 Å². The van der Waals surface area contributed by atoms with Crippen LogP contribution in [0.2, 0.25) is 0 Å². The topological polar surface area (TPSA) is 106 Å². The van der Waals surface area contributed by atoms with Gasteiger partial charge in [-0.05, 0) is 30.7 Å². The molecule has 1 fully saturated rings. The zero-order valence-corrected chi connectivity index (χ0v) is 16.0. The van der Waals surface area contributed by atoms with Crippen molar-refractivity contribution in [3.63, 3.8) is 0 Å². The van der Waals surface area contributed by atoms with Crippen LogP contribution >= 0.6 is 11.3 Å². The van der Waals surface area contributed by atoms with Gasteiger partial charge in [0.15, 0.2) is 0 Å². The number of carbonyl (C=O) groups excluding carboxylic acids is 1. The minimum Gasteiger partial charge on any atom is -0.481 e. The summed E-state index contributed by atoms with van der Waals surface area (Å²) in [5.41, 5.74) is -1.01. The number of amides is 1. The normalized spacial score (nSPS) is 20.0. The molecular formula is C18H23N3O5S. The summed E-state index contributed by atoms with van der Waals surface area (Å²) in [6.07, 6.45) is 2.59. The average Bonchev–Trinajstić information content (AvgIpc) is 3.33. The van der Waals surface area contributed by atoms with Crippen LogP contribution in [0.3, 0.4) is 0 Å². The van der Waals surface area contributed by atoms with E-state index in [2.05, 4.69) is 10.1 Å². The molecule has 1 atom stereocenters. The number of nitrogens with zero attached hydrogens (tertiary/aromatic N) is 3. The van der Waals surface area contributed by atoms with Gasteiger partial charge in [-0.2, -0.15) is 4.98 Å². The molecule has 2 aromatic heterocycles. The Labute approximate surface area is 161 Å². The van der Waals surface area contributed by atoms with Gasteiger partial charge in [-0.1, -0.05) is 11.2 Å². The molecule has 3 rings (SSSR count). The summed E-state index contributed by atoms with van der Waals surface area (Å²) in [5.74, 6) is 0.112. The molecule has 1 N–H and O–H groups in total. The summed E-state index contributed by atoms with van der Waals surface area (Å²) >= 11 is 1.54. The third-order valence-corrected chi connectivity index (χ3v) is 5.66. The van der Waals surface area contributed by atoms with Gasteiger partial charge in [0.2, 0.25) is 17.6 Å². The van der Waals surface area contributed by atoms with Crippen molar-refractivity contribution in [2.24, 2.45) is 5.41 Å². The Morgan fingerprint density at radius 2 is 2.33 bits per heavy atom. The second-order valence-corrected chi connectivity index (χ2v) is 7.73. The summed E-state index contributed by atoms with van der Waals surface area (Å²) in [6.45, 7) is 0.887. The Hall–Kier alpha value is -2.26. The number of hydrogen-bond acceptors (Lipinski definition) is 7. The second kappa shape index (κ2) is 8.62. The molecule has 0 aromatic carbocycles. The summed E-state index contributed by atoms with van der Waals surface area (Å²) in [4.78, 5) is 31.1. The number of aromatic nitrogens is 2. The van der Waals surface area contributed by atoms with E-state index in [1.54, 1.807) is 4.90 Å². The summed E-state index contributed by atoms with van der Waals surface area (Å²) in [5, 5.41) is 15.5. The lowest BCUT2D eigenvalue weighted by atomic mass is 9.80. The van der Waals surface area contributed by atoms with Gasteiger partial charge < -0.3 is 19.3 Å². The Morgan fingerprint density at radius 3 is 3.04 bits per heavy atom. The van der Waals surface area contributed by atoms with Crippen molar-refractivity contribution in [3.8, 4) is 10.7 Å². The molecule has 1 aliphatic rings. The van der Waals surface area contributed by atoms with E-state index in [1.807, 2.05) is 17.5 Å². The number of hydrogen-bond donors (Lipinski definition) is 1. The Balaban J connectivity index is 1.51. The zero-order chi connectivity index (χ0) is 19.3. The molecule has 8 nitrogen and oxygen atoms in total. The SMILES string of the molecule is COCC1(C(=O)O)CCCN(C(=O)CCCc2nc(-c3cccs3)no2)C1. The number of methoxy groups -OCH3 is 1. The maximum absolute atomic E-state index is 12.5. The Bertz CT molecular complexity index is 772. The van der Waals surface area contributed by atoms with E-state index < -0.39 is 11.4 Å². The molecule has 2 aromatic rings. The van der Waals surface area contributed by atoms with E-state index in [9.17, 15) is 14.7 Å². The summed E-state index contributed by atoms with van der Waals surface area (Å²) in [7, 11) is 1.49. The number of aliphatic carboxylic acids is 1. The molecule has 9 heteroatoms. The largest absolute Gasteiger partial charge is 0.481 e. The highest BCUT2D eigenvalue weighted by molar-refractivity contribution is 7.13. The van der Waals surface area contributed by atoms with E-state index in [0.29, 0.717) is 50.4 Å². The molecule has 1 unspecified atom stereocenters. The smallest absolute Gasteiger partial charge is 0.313 e. The molecule has 0 saturated carbocycles. The lowest BCUT2D eigenvalue weighted by molar-refractivity contribution is -0.159. The molecule has 1 amide bonds. The van der Waals surface area contributed by atoms with Gasteiger partial charge >= 0.3 is 5.97 Å². The first kappa shape index (κ1) is 19.5. The minimum atomic E-state index is -1.01. The van der Waals surface area contributed by atoms with Crippen molar-refractivity contribution in [1.29, 1.82) is 0 Å². The number of carboxylic acid groups (broad SMARTS) is 1. The third-order valence-electron chi connectivity index (χ3n) is 4.79. The van der Waals surface area contributed by atoms with Crippen molar-refractivity contribution in [3.05, 3.63) is 23.4 Å². The summed E-state index contributed by atoms with van der Waals surface area (Å²) < 4.78 is 10.3. The molecule has 1 aliphatic heterocycles. The van der Waals surface area contributed by atoms with Gasteiger partial charge in [0.25, 0.3) is 0 Å². The van der Waals surface area contributed by atoms with Gasteiger partial charge in [-0.25, -0.2) is 0 Å². The van der Waals surface area contributed by atoms with Gasteiger partial charge in [-0.15, -0.1) is 11.3 Å². The van der Waals surface area contributed by atoms with E-state index in [0.717, 1.165) is 4.88 Å². The number of aryl methyl sites for hydroxylation is 1. The number of likely N-dealkylation sites (tertiary alicyclic amines) is 1. The van der Waals surface area contributed by atoms with Crippen LogP contribution in [0.5, 0.6) is 0 Å². The van der Waals surface area contributed by atoms with Crippen molar-refractivity contribution < 1.29 is 24.0 Å². The standard InChI is InChI=1S/C18H23N3O5S/c1-25-12-18(17(23)24)8-4-9-21(11-18)15(22)7-2-6-14-19-16(20-26-14)13-5-3-10-27-13/h3,5,10H,2,4,6-9,11-12H2,1H3,(H,23,24). The number of rotatable bonds is 8. The fourth-order valence-electron chi connectivity index (χ4n) is 3.39. The van der Waals surface area contributed by atoms with Crippen LogP contribution in [0.15, 0.2) is 22.0 Å². The van der Waals surface area contributed by atoms with Gasteiger partial charge in [0, 0.05) is 33.0 Å². The molecule has 0 radical (unpaired) electrons. The molecule has 1 saturated heterocycles. The van der Waals surface area contributed by atoms with E-state index in [4.69, 9.17) is 9.26 Å². The van der Waals surface area contributed by atoms with Crippen molar-refractivity contribution in [1.82, 2.24) is 15.0 Å². The fourth-order valence-corrected chi connectivity index (χ4v) is 4.04. The summed E-state index contributed by atoms with van der Waals surface area (Å²) in [6, 6.07) is 3.85. The van der Waals surface area contributed by atoms with Crippen molar-refractivity contribution in [2.75, 3.05) is 26.8 Å². The first-order valence-electron chi connectivity index (χ1n) is 8.91. The van der Waals surface area contributed by atoms with E-state index in [1.165, 1.54) is 18.4 Å². The first-order valence-corrected chi connectivity index (χ1v) is 9.78.